The summed E-state index contributed by atoms with van der Waals surface area (Å²) in [6.45, 7) is 9.62. The minimum absolute atomic E-state index is 0.367. The molecule has 5 aromatic rings. The molecular formula is C40H38N4. The molecule has 4 heterocycles. The van der Waals surface area contributed by atoms with Crippen LogP contribution in [0.2, 0.25) is 0 Å². The molecule has 0 spiro atoms. The third-order valence-corrected chi connectivity index (χ3v) is 12.1. The van der Waals surface area contributed by atoms with Crippen LogP contribution in [0.15, 0.2) is 85.2 Å². The first-order valence-corrected chi connectivity index (χ1v) is 16.3. The second-order valence-electron chi connectivity index (χ2n) is 14.9. The van der Waals surface area contributed by atoms with Gasteiger partial charge >= 0.3 is 0 Å². The third-order valence-electron chi connectivity index (χ3n) is 12.1. The topological polar surface area (TPSA) is 51.6 Å². The third kappa shape index (κ3) is 3.82. The molecule has 4 heteroatoms. The van der Waals surface area contributed by atoms with Crippen molar-refractivity contribution in [1.29, 1.82) is 0 Å². The molecule has 4 bridgehead atoms. The van der Waals surface area contributed by atoms with Crippen molar-refractivity contribution in [1.82, 2.24) is 19.9 Å². The number of aromatic nitrogens is 4. The zero-order valence-corrected chi connectivity index (χ0v) is 26.0. The van der Waals surface area contributed by atoms with Crippen molar-refractivity contribution in [3.05, 3.63) is 108 Å². The minimum atomic E-state index is 0.367. The second-order valence-corrected chi connectivity index (χ2v) is 14.9. The summed E-state index contributed by atoms with van der Waals surface area (Å²) in [6.07, 6.45) is 8.85. The van der Waals surface area contributed by atoms with Crippen molar-refractivity contribution >= 4 is 0 Å². The predicted octanol–water partition coefficient (Wildman–Crippen LogP) is 9.31. The Bertz CT molecular complexity index is 1800. The van der Waals surface area contributed by atoms with Gasteiger partial charge < -0.3 is 0 Å². The lowest BCUT2D eigenvalue weighted by atomic mass is 9.48. The van der Waals surface area contributed by atoms with Gasteiger partial charge in [-0.15, -0.1) is 0 Å². The molecule has 1 aromatic carbocycles. The normalized spacial score (nSPS) is 24.8. The Morgan fingerprint density at radius 1 is 0.523 bits per heavy atom. The first-order chi connectivity index (χ1) is 21.3. The van der Waals surface area contributed by atoms with E-state index < -0.39 is 0 Å². The highest BCUT2D eigenvalue weighted by molar-refractivity contribution is 5.74. The smallest absolute Gasteiger partial charge is 0.0889 e. The number of hydrogen-bond acceptors (Lipinski definition) is 4. The van der Waals surface area contributed by atoms with Gasteiger partial charge in [0.25, 0.3) is 0 Å². The van der Waals surface area contributed by atoms with E-state index in [1.165, 1.54) is 35.4 Å². The summed E-state index contributed by atoms with van der Waals surface area (Å²) in [7, 11) is 0. The molecular weight excluding hydrogens is 536 g/mol. The minimum Gasteiger partial charge on any atom is -0.254 e. The first kappa shape index (κ1) is 26.2. The van der Waals surface area contributed by atoms with E-state index in [2.05, 4.69) is 100 Å². The van der Waals surface area contributed by atoms with Gasteiger partial charge in [-0.1, -0.05) is 70.2 Å². The molecule has 6 aliphatic rings. The molecule has 2 saturated carbocycles. The van der Waals surface area contributed by atoms with Gasteiger partial charge in [-0.05, 0) is 101 Å². The summed E-state index contributed by atoms with van der Waals surface area (Å²) in [5.74, 6) is 2.76. The molecule has 4 nitrogen and oxygen atoms in total. The molecule has 0 unspecified atom stereocenters. The Labute approximate surface area is 260 Å². The Balaban J connectivity index is 0.953. The maximum absolute atomic E-state index is 5.14. The van der Waals surface area contributed by atoms with E-state index in [4.69, 9.17) is 19.9 Å². The van der Waals surface area contributed by atoms with E-state index in [1.54, 1.807) is 0 Å². The number of benzene rings is 1. The van der Waals surface area contributed by atoms with E-state index in [1.807, 2.05) is 12.4 Å². The molecule has 0 N–H and O–H groups in total. The fourth-order valence-corrected chi connectivity index (χ4v) is 8.74. The molecule has 6 aliphatic carbocycles. The summed E-state index contributed by atoms with van der Waals surface area (Å²) in [6, 6.07) is 26.1. The zero-order valence-electron chi connectivity index (χ0n) is 26.0. The Morgan fingerprint density at radius 3 is 1.39 bits per heavy atom. The number of rotatable bonds is 4. The van der Waals surface area contributed by atoms with Gasteiger partial charge in [0.1, 0.15) is 0 Å². The van der Waals surface area contributed by atoms with Gasteiger partial charge in [0.15, 0.2) is 0 Å². The largest absolute Gasteiger partial charge is 0.254 e. The van der Waals surface area contributed by atoms with Gasteiger partial charge in [0.05, 0.1) is 22.8 Å². The van der Waals surface area contributed by atoms with Crippen LogP contribution in [0.4, 0.5) is 0 Å². The molecule has 0 aliphatic heterocycles. The summed E-state index contributed by atoms with van der Waals surface area (Å²) in [4.78, 5) is 20.0. The van der Waals surface area contributed by atoms with E-state index in [-0.39, 0.29) is 0 Å². The molecule has 0 saturated heterocycles. The molecule has 11 rings (SSSR count). The van der Waals surface area contributed by atoms with E-state index in [9.17, 15) is 0 Å². The average Bonchev–Trinajstić information content (AvgIpc) is 3.07. The average molecular weight is 575 g/mol. The van der Waals surface area contributed by atoms with Crippen molar-refractivity contribution < 1.29 is 0 Å². The van der Waals surface area contributed by atoms with Crippen molar-refractivity contribution in [2.45, 2.75) is 65.2 Å². The van der Waals surface area contributed by atoms with E-state index in [0.717, 1.165) is 69.7 Å². The maximum atomic E-state index is 5.14. The Kier molecular flexibility index (Phi) is 5.47. The van der Waals surface area contributed by atoms with Crippen molar-refractivity contribution in [2.75, 3.05) is 0 Å². The van der Waals surface area contributed by atoms with Crippen LogP contribution in [0.5, 0.6) is 0 Å². The standard InChI is InChI=1S/C40H38N4/c1-39(2)29-17-25-8-14-35(43-37(25)31(39)19-29)33-12-10-27(21-41-33)23-6-5-7-24(16-23)28-11-13-34(42-22-28)36-15-9-26-18-30-20-32(38(26)44-36)40(30,3)4/h5-16,21-22,29-32H,17-20H2,1-4H3/t29-,30-,31-,32-/m0/s1. The lowest BCUT2D eigenvalue weighted by Crippen LogP contribution is -2.48. The molecule has 218 valence electrons. The first-order valence-electron chi connectivity index (χ1n) is 16.3. The molecule has 4 atom stereocenters. The molecule has 0 amide bonds. The van der Waals surface area contributed by atoms with Crippen LogP contribution in [0, 0.1) is 22.7 Å². The highest BCUT2D eigenvalue weighted by Crippen LogP contribution is 2.62. The van der Waals surface area contributed by atoms with Gasteiger partial charge in [-0.2, -0.15) is 0 Å². The molecule has 2 fully saturated rings. The monoisotopic (exact) mass is 574 g/mol. The van der Waals surface area contributed by atoms with Crippen LogP contribution < -0.4 is 0 Å². The molecule has 4 aromatic heterocycles. The van der Waals surface area contributed by atoms with Crippen LogP contribution in [-0.2, 0) is 12.8 Å². The van der Waals surface area contributed by atoms with Crippen molar-refractivity contribution in [3.63, 3.8) is 0 Å². The quantitative estimate of drug-likeness (QED) is 0.215. The van der Waals surface area contributed by atoms with Crippen molar-refractivity contribution in [3.8, 4) is 45.0 Å². The summed E-state index contributed by atoms with van der Waals surface area (Å²) >= 11 is 0. The van der Waals surface area contributed by atoms with E-state index >= 15 is 0 Å². The summed E-state index contributed by atoms with van der Waals surface area (Å²) in [5, 5.41) is 0. The fraction of sp³-hybridized carbons (Fsp3) is 0.350. The highest BCUT2D eigenvalue weighted by Gasteiger charge is 2.54. The highest BCUT2D eigenvalue weighted by atomic mass is 14.8. The fourth-order valence-electron chi connectivity index (χ4n) is 8.74. The maximum Gasteiger partial charge on any atom is 0.0889 e. The van der Waals surface area contributed by atoms with Crippen LogP contribution in [0.3, 0.4) is 0 Å². The second kappa shape index (κ2) is 9.17. The Morgan fingerprint density at radius 2 is 0.977 bits per heavy atom. The lowest BCUT2D eigenvalue weighted by Gasteiger charge is -2.56. The van der Waals surface area contributed by atoms with Gasteiger partial charge in [0, 0.05) is 46.7 Å². The SMILES string of the molecule is CC1(C)[C@H]2Cc3ccc(-c4ccc(-c5cccc(-c6ccc(-c7ccc8c(n7)[C@@H]7C[C@H](C8)C7(C)C)nc6)c5)cn4)nc3[C@@H]1C2. The van der Waals surface area contributed by atoms with Crippen LogP contribution in [0.25, 0.3) is 45.0 Å². The van der Waals surface area contributed by atoms with Crippen LogP contribution >= 0.6 is 0 Å². The van der Waals surface area contributed by atoms with Gasteiger partial charge in [0.2, 0.25) is 0 Å². The number of nitrogens with zero attached hydrogens (tertiary/aromatic N) is 4. The van der Waals surface area contributed by atoms with E-state index in [0.29, 0.717) is 22.7 Å². The zero-order chi connectivity index (χ0) is 29.8. The Hall–Kier alpha value is -4.18. The molecule has 44 heavy (non-hydrogen) atoms. The van der Waals surface area contributed by atoms with Crippen LogP contribution in [-0.4, -0.2) is 19.9 Å². The van der Waals surface area contributed by atoms with Gasteiger partial charge in [-0.25, -0.2) is 0 Å². The molecule has 0 radical (unpaired) electrons. The number of pyridine rings is 4. The summed E-state index contributed by atoms with van der Waals surface area (Å²) < 4.78 is 0. The van der Waals surface area contributed by atoms with Crippen LogP contribution in [0.1, 0.15) is 74.9 Å². The lowest BCUT2D eigenvalue weighted by molar-refractivity contribution is 0.0155. The van der Waals surface area contributed by atoms with Gasteiger partial charge in [-0.3, -0.25) is 19.9 Å². The number of hydrogen-bond donors (Lipinski definition) is 0. The summed E-state index contributed by atoms with van der Waals surface area (Å²) in [5.41, 5.74) is 14.5. The van der Waals surface area contributed by atoms with Crippen molar-refractivity contribution in [2.24, 2.45) is 22.7 Å². The predicted molar refractivity (Wildman–Crippen MR) is 176 cm³/mol.